The largest absolute Gasteiger partial charge is 0.463 e. The van der Waals surface area contributed by atoms with Gasteiger partial charge in [0.25, 0.3) is 6.47 Å². The summed E-state index contributed by atoms with van der Waals surface area (Å²) in [6.07, 6.45) is 1.14. The monoisotopic (exact) mass is 455 g/mol. The maximum atomic E-state index is 12.0. The van der Waals surface area contributed by atoms with Crippen LogP contribution < -0.4 is 5.32 Å². The summed E-state index contributed by atoms with van der Waals surface area (Å²) in [5, 5.41) is 2.45. The molecule has 0 fully saturated rings. The number of hydrogen-bond donors (Lipinski definition) is 1. The lowest BCUT2D eigenvalue weighted by molar-refractivity contribution is -0.129. The molecule has 1 N–H and O–H groups in total. The minimum Gasteiger partial charge on any atom is -0.463 e. The Kier molecular flexibility index (Phi) is 13.9. The van der Waals surface area contributed by atoms with Crippen molar-refractivity contribution in [3.63, 3.8) is 0 Å². The Hall–Kier alpha value is -3.78. The Labute approximate surface area is 193 Å². The topological polar surface area (TPSA) is 108 Å². The van der Waals surface area contributed by atoms with Crippen LogP contribution in [0.3, 0.4) is 0 Å². The summed E-state index contributed by atoms with van der Waals surface area (Å²) in [6, 6.07) is 17.5. The van der Waals surface area contributed by atoms with Crippen LogP contribution in [0.4, 0.5) is 4.79 Å². The molecule has 8 nitrogen and oxygen atoms in total. The van der Waals surface area contributed by atoms with Crippen LogP contribution in [0.5, 0.6) is 0 Å². The molecule has 0 bridgehead atoms. The molecule has 2 aromatic rings. The Bertz CT molecular complexity index is 869. The third kappa shape index (κ3) is 12.0. The summed E-state index contributed by atoms with van der Waals surface area (Å²) >= 11 is 0. The number of hydrogen-bond acceptors (Lipinski definition) is 7. The second kappa shape index (κ2) is 16.9. The van der Waals surface area contributed by atoms with E-state index in [0.29, 0.717) is 25.1 Å². The van der Waals surface area contributed by atoms with Crippen molar-refractivity contribution in [3.05, 3.63) is 84.4 Å². The number of Topliss-reactive ketones (excluding diaryl/α,β-unsaturated/α-hetero) is 2. The van der Waals surface area contributed by atoms with Crippen LogP contribution in [-0.2, 0) is 30.4 Å². The van der Waals surface area contributed by atoms with E-state index in [0.717, 1.165) is 5.56 Å². The second-order valence-corrected chi connectivity index (χ2v) is 6.63. The summed E-state index contributed by atoms with van der Waals surface area (Å²) in [5.41, 5.74) is 1.53. The number of carbonyl (C=O) groups excluding carboxylic acids is 4. The average molecular weight is 456 g/mol. The van der Waals surface area contributed by atoms with Crippen LogP contribution in [0.1, 0.15) is 29.3 Å². The van der Waals surface area contributed by atoms with Gasteiger partial charge in [-0.2, -0.15) is 0 Å². The molecule has 2 rings (SSSR count). The number of carbonyl (C=O) groups is 4. The smallest absolute Gasteiger partial charge is 0.408 e. The average Bonchev–Trinajstić information content (AvgIpc) is 2.86. The molecule has 0 saturated heterocycles. The molecule has 0 radical (unpaired) electrons. The normalized spacial score (nSPS) is 10.6. The van der Waals surface area contributed by atoms with Gasteiger partial charge in [-0.15, -0.1) is 0 Å². The number of nitrogens with one attached hydrogen (secondary N) is 1. The van der Waals surface area contributed by atoms with Crippen LogP contribution >= 0.6 is 0 Å². The number of rotatable bonds is 13. The van der Waals surface area contributed by atoms with Gasteiger partial charge in [0.15, 0.2) is 11.6 Å². The summed E-state index contributed by atoms with van der Waals surface area (Å²) in [6.45, 7) is 5.63. The number of amides is 1. The van der Waals surface area contributed by atoms with E-state index in [-0.39, 0.29) is 31.4 Å². The van der Waals surface area contributed by atoms with Gasteiger partial charge >= 0.3 is 6.09 Å². The fourth-order valence-electron chi connectivity index (χ4n) is 2.49. The first-order valence-corrected chi connectivity index (χ1v) is 10.3. The van der Waals surface area contributed by atoms with Gasteiger partial charge in [-0.05, 0) is 12.0 Å². The predicted molar refractivity (Wildman–Crippen MR) is 123 cm³/mol. The second-order valence-electron chi connectivity index (χ2n) is 6.63. The Morgan fingerprint density at radius 2 is 1.64 bits per heavy atom. The van der Waals surface area contributed by atoms with Crippen LogP contribution in [0, 0.1) is 0 Å². The molecule has 0 aliphatic carbocycles. The predicted octanol–water partition coefficient (Wildman–Crippen LogP) is 3.51. The molecule has 0 heterocycles. The SMILES string of the molecule is C=CCOC(=O)N[C@@H](CC)C(=O)COCC(=O)c1ccccc1.O=COCc1ccccc1. The Morgan fingerprint density at radius 1 is 1.00 bits per heavy atom. The molecule has 1 atom stereocenters. The van der Waals surface area contributed by atoms with Gasteiger partial charge in [-0.25, -0.2) is 4.79 Å². The number of ketones is 2. The minimum absolute atomic E-state index is 0.0680. The van der Waals surface area contributed by atoms with Gasteiger partial charge in [0.05, 0.1) is 6.04 Å². The third-order valence-electron chi connectivity index (χ3n) is 4.16. The van der Waals surface area contributed by atoms with Gasteiger partial charge < -0.3 is 19.5 Å². The molecule has 8 heteroatoms. The summed E-state index contributed by atoms with van der Waals surface area (Å²) in [7, 11) is 0. The molecule has 2 aromatic carbocycles. The van der Waals surface area contributed by atoms with Crippen molar-refractivity contribution in [1.29, 1.82) is 0 Å². The highest BCUT2D eigenvalue weighted by atomic mass is 16.5. The van der Waals surface area contributed by atoms with E-state index < -0.39 is 12.1 Å². The van der Waals surface area contributed by atoms with Gasteiger partial charge in [0, 0.05) is 5.56 Å². The number of ether oxygens (including phenoxy) is 3. The molecular formula is C25H29NO7. The van der Waals surface area contributed by atoms with Gasteiger partial charge in [-0.1, -0.05) is 80.2 Å². The van der Waals surface area contributed by atoms with E-state index in [4.69, 9.17) is 9.47 Å². The highest BCUT2D eigenvalue weighted by Gasteiger charge is 2.20. The highest BCUT2D eigenvalue weighted by molar-refractivity contribution is 5.97. The first-order valence-electron chi connectivity index (χ1n) is 10.3. The number of alkyl carbamates (subject to hydrolysis) is 1. The van der Waals surface area contributed by atoms with Crippen molar-refractivity contribution in [2.75, 3.05) is 19.8 Å². The van der Waals surface area contributed by atoms with Gasteiger partial charge in [0.2, 0.25) is 0 Å². The molecule has 1 amide bonds. The van der Waals surface area contributed by atoms with Crippen LogP contribution in [-0.4, -0.2) is 50.0 Å². The molecule has 0 aliphatic heterocycles. The lowest BCUT2D eigenvalue weighted by Crippen LogP contribution is -2.42. The molecule has 0 unspecified atom stereocenters. The molecule has 0 saturated carbocycles. The van der Waals surface area contributed by atoms with E-state index in [1.807, 2.05) is 36.4 Å². The van der Waals surface area contributed by atoms with E-state index in [2.05, 4.69) is 16.6 Å². The maximum absolute atomic E-state index is 12.0. The Morgan fingerprint density at radius 3 is 2.21 bits per heavy atom. The van der Waals surface area contributed by atoms with Crippen LogP contribution in [0.15, 0.2) is 73.3 Å². The van der Waals surface area contributed by atoms with E-state index in [1.165, 1.54) is 6.08 Å². The quantitative estimate of drug-likeness (QED) is 0.280. The zero-order valence-corrected chi connectivity index (χ0v) is 18.6. The maximum Gasteiger partial charge on any atom is 0.408 e. The molecular weight excluding hydrogens is 426 g/mol. The van der Waals surface area contributed by atoms with E-state index in [1.54, 1.807) is 31.2 Å². The summed E-state index contributed by atoms with van der Waals surface area (Å²) in [4.78, 5) is 45.0. The zero-order chi connectivity index (χ0) is 24.3. The van der Waals surface area contributed by atoms with Crippen molar-refractivity contribution >= 4 is 24.1 Å². The zero-order valence-electron chi connectivity index (χ0n) is 18.6. The number of benzene rings is 2. The van der Waals surface area contributed by atoms with Crippen molar-refractivity contribution in [1.82, 2.24) is 5.32 Å². The minimum atomic E-state index is -0.709. The van der Waals surface area contributed by atoms with Crippen molar-refractivity contribution in [2.24, 2.45) is 0 Å². The molecule has 33 heavy (non-hydrogen) atoms. The lowest BCUT2D eigenvalue weighted by atomic mass is 10.1. The highest BCUT2D eigenvalue weighted by Crippen LogP contribution is 2.01. The molecule has 176 valence electrons. The third-order valence-corrected chi connectivity index (χ3v) is 4.16. The first kappa shape index (κ1) is 27.3. The van der Waals surface area contributed by atoms with Gasteiger partial charge in [0.1, 0.15) is 26.4 Å². The van der Waals surface area contributed by atoms with Crippen molar-refractivity contribution < 1.29 is 33.4 Å². The van der Waals surface area contributed by atoms with Crippen molar-refractivity contribution in [2.45, 2.75) is 26.0 Å². The summed E-state index contributed by atoms with van der Waals surface area (Å²) < 4.78 is 14.4. The van der Waals surface area contributed by atoms with Crippen molar-refractivity contribution in [3.8, 4) is 0 Å². The first-order chi connectivity index (χ1) is 16.0. The fourth-order valence-corrected chi connectivity index (χ4v) is 2.49. The fraction of sp³-hybridized carbons (Fsp3) is 0.280. The van der Waals surface area contributed by atoms with Crippen LogP contribution in [0.2, 0.25) is 0 Å². The lowest BCUT2D eigenvalue weighted by Gasteiger charge is -2.15. The molecule has 0 spiro atoms. The summed E-state index contributed by atoms with van der Waals surface area (Å²) in [5.74, 6) is -0.520. The Balaban J connectivity index is 0.000000451. The van der Waals surface area contributed by atoms with Gasteiger partial charge in [-0.3, -0.25) is 14.4 Å². The van der Waals surface area contributed by atoms with E-state index >= 15 is 0 Å². The standard InChI is InChI=1S/C17H21NO5.C8H8O2/c1-3-10-23-17(21)18-14(4-2)16(20)12-22-11-15(19)13-8-6-5-7-9-13;9-7-10-6-8-4-2-1-3-5-8/h3,5-9,14H,1,4,10-12H2,2H3,(H,18,21);1-5,7H,6H2/t14-;/m0./s1. The van der Waals surface area contributed by atoms with E-state index in [9.17, 15) is 19.2 Å². The molecule has 0 aromatic heterocycles. The van der Waals surface area contributed by atoms with Crippen LogP contribution in [0.25, 0.3) is 0 Å². The molecule has 0 aliphatic rings.